The lowest BCUT2D eigenvalue weighted by molar-refractivity contribution is 0.247. The van der Waals surface area contributed by atoms with Crippen molar-refractivity contribution in [3.63, 3.8) is 0 Å². The van der Waals surface area contributed by atoms with E-state index in [0.29, 0.717) is 5.56 Å². The van der Waals surface area contributed by atoms with Crippen LogP contribution >= 0.6 is 0 Å². The van der Waals surface area contributed by atoms with Crippen LogP contribution in [0.15, 0.2) is 58.2 Å². The molecule has 5 nitrogen and oxygen atoms in total. The highest BCUT2D eigenvalue weighted by molar-refractivity contribution is 7.89. The Kier molecular flexibility index (Phi) is 5.80. The number of nitrogens with zero attached hydrogens (tertiary/aromatic N) is 1. The van der Waals surface area contributed by atoms with E-state index in [9.17, 15) is 13.2 Å². The molecule has 6 heteroatoms. The second-order valence-corrected chi connectivity index (χ2v) is 10.2. The zero-order chi connectivity index (χ0) is 21.3. The number of pyridine rings is 1. The average Bonchev–Trinajstić information content (AvgIpc) is 2.73. The highest BCUT2D eigenvalue weighted by atomic mass is 32.2. The fourth-order valence-corrected chi connectivity index (χ4v) is 6.19. The van der Waals surface area contributed by atoms with Crippen LogP contribution in [0.4, 0.5) is 0 Å². The second kappa shape index (κ2) is 8.36. The number of nitrogens with one attached hydrogen (secondary N) is 1. The van der Waals surface area contributed by atoms with E-state index >= 15 is 0 Å². The fourth-order valence-electron chi connectivity index (χ4n) is 4.51. The first-order chi connectivity index (χ1) is 14.4. The molecule has 1 aromatic heterocycles. The van der Waals surface area contributed by atoms with Crippen molar-refractivity contribution >= 4 is 20.9 Å². The first-order valence-corrected chi connectivity index (χ1v) is 12.0. The molecule has 158 valence electrons. The van der Waals surface area contributed by atoms with Crippen LogP contribution in [0.2, 0.25) is 0 Å². The average molecular weight is 425 g/mol. The van der Waals surface area contributed by atoms with Gasteiger partial charge in [0.1, 0.15) is 0 Å². The van der Waals surface area contributed by atoms with Gasteiger partial charge in [0.25, 0.3) is 5.56 Å². The summed E-state index contributed by atoms with van der Waals surface area (Å²) in [4.78, 5) is 16.1. The van der Waals surface area contributed by atoms with Crippen molar-refractivity contribution in [2.45, 2.75) is 63.4 Å². The Bertz CT molecular complexity index is 1210. The molecule has 0 bridgehead atoms. The standard InChI is InChI=1S/C24H28N2O3S/c1-17-13-18(2)22-15-19(24(27)25-23(22)14-17)16-26(20-9-5-3-6-10-20)30(28,29)21-11-7-4-8-12-21/h4,7-8,11-15,20H,3,5-6,9-10,16H2,1-2H3,(H,25,27). The number of sulfonamides is 1. The second-order valence-electron chi connectivity index (χ2n) is 8.32. The zero-order valence-corrected chi connectivity index (χ0v) is 18.3. The summed E-state index contributed by atoms with van der Waals surface area (Å²) in [6.07, 6.45) is 4.81. The van der Waals surface area contributed by atoms with Crippen LogP contribution in [0.3, 0.4) is 0 Å². The number of aryl methyl sites for hydroxylation is 2. The number of benzene rings is 2. The fraction of sp³-hybridized carbons (Fsp3) is 0.375. The molecule has 30 heavy (non-hydrogen) atoms. The lowest BCUT2D eigenvalue weighted by Gasteiger charge is -2.33. The third-order valence-electron chi connectivity index (χ3n) is 6.05. The van der Waals surface area contributed by atoms with Gasteiger partial charge in [-0.15, -0.1) is 0 Å². The maximum absolute atomic E-state index is 13.5. The Morgan fingerprint density at radius 2 is 1.70 bits per heavy atom. The van der Waals surface area contributed by atoms with E-state index in [1.165, 1.54) is 0 Å². The largest absolute Gasteiger partial charge is 0.322 e. The molecular formula is C24H28N2O3S. The van der Waals surface area contributed by atoms with Crippen LogP contribution in [0.5, 0.6) is 0 Å². The molecule has 0 radical (unpaired) electrons. The summed E-state index contributed by atoms with van der Waals surface area (Å²) >= 11 is 0. The topological polar surface area (TPSA) is 70.2 Å². The maximum Gasteiger partial charge on any atom is 0.252 e. The molecule has 0 atom stereocenters. The summed E-state index contributed by atoms with van der Waals surface area (Å²) < 4.78 is 28.6. The minimum absolute atomic E-state index is 0.0838. The molecule has 0 amide bonds. The van der Waals surface area contributed by atoms with Gasteiger partial charge >= 0.3 is 0 Å². The van der Waals surface area contributed by atoms with Crippen LogP contribution in [0.25, 0.3) is 10.9 Å². The first kappa shape index (κ1) is 20.8. The molecule has 1 aliphatic carbocycles. The Morgan fingerprint density at radius 1 is 1.00 bits per heavy atom. The van der Waals surface area contributed by atoms with E-state index < -0.39 is 10.0 Å². The molecule has 0 unspecified atom stereocenters. The van der Waals surface area contributed by atoms with E-state index in [1.54, 1.807) is 28.6 Å². The minimum Gasteiger partial charge on any atom is -0.322 e. The summed E-state index contributed by atoms with van der Waals surface area (Å²) in [5.74, 6) is 0. The van der Waals surface area contributed by atoms with Crippen molar-refractivity contribution in [2.24, 2.45) is 0 Å². The summed E-state index contributed by atoms with van der Waals surface area (Å²) in [6, 6.07) is 14.3. The van der Waals surface area contributed by atoms with Gasteiger partial charge in [-0.3, -0.25) is 4.79 Å². The predicted molar refractivity (Wildman–Crippen MR) is 120 cm³/mol. The highest BCUT2D eigenvalue weighted by Gasteiger charge is 2.33. The number of hydrogen-bond donors (Lipinski definition) is 1. The molecule has 0 saturated heterocycles. The molecule has 2 aromatic carbocycles. The van der Waals surface area contributed by atoms with Crippen LogP contribution in [-0.4, -0.2) is 23.7 Å². The molecule has 1 saturated carbocycles. The van der Waals surface area contributed by atoms with Gasteiger partial charge in [0.2, 0.25) is 10.0 Å². The Morgan fingerprint density at radius 3 is 2.40 bits per heavy atom. The van der Waals surface area contributed by atoms with Gasteiger partial charge in [-0.25, -0.2) is 8.42 Å². The van der Waals surface area contributed by atoms with Crippen molar-refractivity contribution in [3.8, 4) is 0 Å². The Balaban J connectivity index is 1.79. The van der Waals surface area contributed by atoms with Gasteiger partial charge in [0, 0.05) is 29.1 Å². The number of rotatable bonds is 5. The predicted octanol–water partition coefficient (Wildman–Crippen LogP) is 4.67. The normalized spacial score (nSPS) is 15.7. The van der Waals surface area contributed by atoms with Gasteiger partial charge in [-0.05, 0) is 62.1 Å². The van der Waals surface area contributed by atoms with Crippen molar-refractivity contribution in [2.75, 3.05) is 0 Å². The van der Waals surface area contributed by atoms with E-state index in [1.807, 2.05) is 32.0 Å². The van der Waals surface area contributed by atoms with Crippen molar-refractivity contribution in [3.05, 3.63) is 75.6 Å². The Labute approximate surface area is 177 Å². The van der Waals surface area contributed by atoms with Gasteiger partial charge in [-0.2, -0.15) is 4.31 Å². The van der Waals surface area contributed by atoms with Crippen molar-refractivity contribution in [1.82, 2.24) is 9.29 Å². The molecule has 4 rings (SSSR count). The number of hydrogen-bond acceptors (Lipinski definition) is 3. The third-order valence-corrected chi connectivity index (χ3v) is 7.96. The van der Waals surface area contributed by atoms with E-state index in [4.69, 9.17) is 0 Å². The molecule has 1 heterocycles. The monoisotopic (exact) mass is 424 g/mol. The van der Waals surface area contributed by atoms with E-state index in [-0.39, 0.29) is 23.0 Å². The van der Waals surface area contributed by atoms with Crippen LogP contribution in [-0.2, 0) is 16.6 Å². The van der Waals surface area contributed by atoms with E-state index in [0.717, 1.165) is 54.1 Å². The number of fused-ring (bicyclic) bond motifs is 1. The molecule has 1 fully saturated rings. The smallest absolute Gasteiger partial charge is 0.252 e. The number of aromatic nitrogens is 1. The summed E-state index contributed by atoms with van der Waals surface area (Å²) in [5, 5.41) is 0.955. The minimum atomic E-state index is -3.71. The van der Waals surface area contributed by atoms with Crippen molar-refractivity contribution < 1.29 is 8.42 Å². The molecule has 1 N–H and O–H groups in total. The Hall–Kier alpha value is -2.44. The number of aromatic amines is 1. The molecule has 0 spiro atoms. The lowest BCUT2D eigenvalue weighted by Crippen LogP contribution is -2.42. The van der Waals surface area contributed by atoms with Gasteiger partial charge in [-0.1, -0.05) is 43.5 Å². The van der Waals surface area contributed by atoms with Gasteiger partial charge in [0.15, 0.2) is 0 Å². The van der Waals surface area contributed by atoms with Crippen LogP contribution in [0.1, 0.15) is 48.8 Å². The first-order valence-electron chi connectivity index (χ1n) is 10.6. The summed E-state index contributed by atoms with van der Waals surface area (Å²) in [5.41, 5.74) is 3.20. The van der Waals surface area contributed by atoms with Crippen LogP contribution in [0, 0.1) is 13.8 Å². The summed E-state index contributed by atoms with van der Waals surface area (Å²) in [7, 11) is -3.71. The van der Waals surface area contributed by atoms with Gasteiger partial charge < -0.3 is 4.98 Å². The van der Waals surface area contributed by atoms with Crippen molar-refractivity contribution in [1.29, 1.82) is 0 Å². The molecule has 3 aromatic rings. The summed E-state index contributed by atoms with van der Waals surface area (Å²) in [6.45, 7) is 4.09. The van der Waals surface area contributed by atoms with Gasteiger partial charge in [0.05, 0.1) is 4.90 Å². The molecule has 1 aliphatic rings. The third kappa shape index (κ3) is 4.07. The molecular weight excluding hydrogens is 396 g/mol. The maximum atomic E-state index is 13.5. The highest BCUT2D eigenvalue weighted by Crippen LogP contribution is 2.29. The zero-order valence-electron chi connectivity index (χ0n) is 17.5. The lowest BCUT2D eigenvalue weighted by atomic mass is 9.95. The SMILES string of the molecule is Cc1cc(C)c2cc(CN(C3CCCCC3)S(=O)(=O)c3ccccc3)c(=O)[nH]c2c1. The number of H-pyrrole nitrogens is 1. The van der Waals surface area contributed by atoms with Crippen LogP contribution < -0.4 is 5.56 Å². The quantitative estimate of drug-likeness (QED) is 0.647. The van der Waals surface area contributed by atoms with E-state index in [2.05, 4.69) is 11.1 Å². The molecule has 0 aliphatic heterocycles.